The Labute approximate surface area is 116 Å². The summed E-state index contributed by atoms with van der Waals surface area (Å²) in [6.45, 7) is 10.6. The first-order valence-corrected chi connectivity index (χ1v) is 6.31. The van der Waals surface area contributed by atoms with E-state index in [1.54, 1.807) is 33.8 Å². The highest BCUT2D eigenvalue weighted by Crippen LogP contribution is 2.29. The highest BCUT2D eigenvalue weighted by molar-refractivity contribution is 5.84. The summed E-state index contributed by atoms with van der Waals surface area (Å²) in [7, 11) is 0. The molecule has 0 bridgehead atoms. The minimum Gasteiger partial charge on any atom is -0.483 e. The molecule has 0 aliphatic heterocycles. The van der Waals surface area contributed by atoms with Crippen molar-refractivity contribution in [2.75, 3.05) is 0 Å². The van der Waals surface area contributed by atoms with Crippen molar-refractivity contribution >= 4 is 11.0 Å². The lowest BCUT2D eigenvalue weighted by molar-refractivity contribution is 0.164. The van der Waals surface area contributed by atoms with E-state index in [1.807, 2.05) is 0 Å². The van der Waals surface area contributed by atoms with Gasteiger partial charge in [-0.15, -0.1) is 0 Å². The maximum absolute atomic E-state index is 13.7. The molecule has 0 unspecified atom stereocenters. The lowest BCUT2D eigenvalue weighted by Gasteiger charge is -2.23. The van der Waals surface area contributed by atoms with Gasteiger partial charge in [0.2, 0.25) is 0 Å². The van der Waals surface area contributed by atoms with Crippen molar-refractivity contribution in [3.8, 4) is 5.75 Å². The Morgan fingerprint density at radius 1 is 1.35 bits per heavy atom. The van der Waals surface area contributed by atoms with Crippen molar-refractivity contribution in [2.24, 2.45) is 0 Å². The second-order valence-corrected chi connectivity index (χ2v) is 5.30. The van der Waals surface area contributed by atoms with Crippen LogP contribution in [0.25, 0.3) is 11.0 Å². The molecule has 1 aromatic heterocycles. The SMILES string of the molecule is C=CC(C)(C)Oc1cc(F)cc2oc(C)c(C)c(=O)c12. The molecule has 1 heterocycles. The van der Waals surface area contributed by atoms with Gasteiger partial charge in [-0.25, -0.2) is 4.39 Å². The van der Waals surface area contributed by atoms with Crippen molar-refractivity contribution in [2.45, 2.75) is 33.3 Å². The molecule has 3 nitrogen and oxygen atoms in total. The van der Waals surface area contributed by atoms with Gasteiger partial charge in [-0.05, 0) is 33.8 Å². The van der Waals surface area contributed by atoms with Gasteiger partial charge in [-0.2, -0.15) is 0 Å². The minimum atomic E-state index is -0.716. The number of hydrogen-bond acceptors (Lipinski definition) is 3. The summed E-state index contributed by atoms with van der Waals surface area (Å²) in [5, 5.41) is 0.254. The molecule has 4 heteroatoms. The van der Waals surface area contributed by atoms with Crippen molar-refractivity contribution < 1.29 is 13.5 Å². The molecule has 0 radical (unpaired) electrons. The van der Waals surface area contributed by atoms with E-state index in [1.165, 1.54) is 12.1 Å². The quantitative estimate of drug-likeness (QED) is 0.798. The van der Waals surface area contributed by atoms with Crippen LogP contribution in [-0.4, -0.2) is 5.60 Å². The van der Waals surface area contributed by atoms with E-state index in [4.69, 9.17) is 9.15 Å². The van der Waals surface area contributed by atoms with Crippen LogP contribution in [0.5, 0.6) is 5.75 Å². The first kappa shape index (κ1) is 14.3. The van der Waals surface area contributed by atoms with E-state index in [-0.39, 0.29) is 22.1 Å². The number of fused-ring (bicyclic) bond motifs is 1. The number of ether oxygens (including phenoxy) is 1. The fraction of sp³-hybridized carbons (Fsp3) is 0.312. The van der Waals surface area contributed by atoms with Gasteiger partial charge in [0, 0.05) is 17.7 Å². The van der Waals surface area contributed by atoms with Crippen LogP contribution in [0.4, 0.5) is 4.39 Å². The molecule has 0 fully saturated rings. The molecule has 0 aliphatic carbocycles. The molecule has 0 atom stereocenters. The molecular weight excluding hydrogens is 259 g/mol. The number of aryl methyl sites for hydroxylation is 1. The zero-order valence-corrected chi connectivity index (χ0v) is 12.0. The van der Waals surface area contributed by atoms with Crippen LogP contribution in [0.15, 0.2) is 34.0 Å². The number of halogens is 1. The molecule has 0 spiro atoms. The van der Waals surface area contributed by atoms with Gasteiger partial charge in [-0.1, -0.05) is 6.58 Å². The molecule has 1 aromatic carbocycles. The first-order chi connectivity index (χ1) is 9.25. The number of benzene rings is 1. The highest BCUT2D eigenvalue weighted by Gasteiger charge is 2.20. The second-order valence-electron chi connectivity index (χ2n) is 5.30. The molecule has 0 saturated carbocycles. The molecule has 0 aliphatic rings. The average Bonchev–Trinajstić information content (AvgIpc) is 2.35. The van der Waals surface area contributed by atoms with E-state index >= 15 is 0 Å². The molecule has 0 saturated heterocycles. The predicted molar refractivity (Wildman–Crippen MR) is 76.8 cm³/mol. The van der Waals surface area contributed by atoms with Gasteiger partial charge in [0.25, 0.3) is 0 Å². The highest BCUT2D eigenvalue weighted by atomic mass is 19.1. The monoisotopic (exact) mass is 276 g/mol. The Bertz CT molecular complexity index is 741. The van der Waals surface area contributed by atoms with Crippen molar-refractivity contribution in [3.05, 3.63) is 52.2 Å². The summed E-state index contributed by atoms with van der Waals surface area (Å²) in [4.78, 5) is 12.4. The van der Waals surface area contributed by atoms with Gasteiger partial charge >= 0.3 is 0 Å². The van der Waals surface area contributed by atoms with E-state index in [9.17, 15) is 9.18 Å². The van der Waals surface area contributed by atoms with Crippen molar-refractivity contribution in [1.29, 1.82) is 0 Å². The maximum Gasteiger partial charge on any atom is 0.199 e. The molecule has 0 amide bonds. The standard InChI is InChI=1S/C16H17FO3/c1-6-16(4,5)20-13-8-11(17)7-12-14(13)15(18)9(2)10(3)19-12/h6-8H,1H2,2-5H3. The summed E-state index contributed by atoms with van der Waals surface area (Å²) >= 11 is 0. The van der Waals surface area contributed by atoms with Crippen LogP contribution >= 0.6 is 0 Å². The average molecular weight is 276 g/mol. The van der Waals surface area contributed by atoms with Crippen LogP contribution in [0.3, 0.4) is 0 Å². The summed E-state index contributed by atoms with van der Waals surface area (Å²) in [5.74, 6) is 0.127. The number of hydrogen-bond donors (Lipinski definition) is 0. The smallest absolute Gasteiger partial charge is 0.199 e. The number of rotatable bonds is 3. The molecular formula is C16H17FO3. The van der Waals surface area contributed by atoms with Gasteiger partial charge < -0.3 is 9.15 Å². The zero-order valence-electron chi connectivity index (χ0n) is 12.0. The van der Waals surface area contributed by atoms with Gasteiger partial charge in [0.05, 0.1) is 0 Å². The lowest BCUT2D eigenvalue weighted by atomic mass is 10.1. The van der Waals surface area contributed by atoms with E-state index in [2.05, 4.69) is 6.58 Å². The van der Waals surface area contributed by atoms with Gasteiger partial charge in [-0.3, -0.25) is 4.79 Å². The summed E-state index contributed by atoms with van der Waals surface area (Å²) in [6, 6.07) is 2.39. The summed E-state index contributed by atoms with van der Waals surface area (Å²) in [6.07, 6.45) is 1.59. The Kier molecular flexibility index (Phi) is 3.42. The topological polar surface area (TPSA) is 39.4 Å². The van der Waals surface area contributed by atoms with Crippen LogP contribution < -0.4 is 10.2 Å². The molecule has 2 rings (SSSR count). The van der Waals surface area contributed by atoms with Crippen molar-refractivity contribution in [1.82, 2.24) is 0 Å². The van der Waals surface area contributed by atoms with Crippen LogP contribution in [0, 0.1) is 19.7 Å². The first-order valence-electron chi connectivity index (χ1n) is 6.31. The summed E-state index contributed by atoms with van der Waals surface area (Å²) in [5.41, 5.74) is -0.247. The van der Waals surface area contributed by atoms with E-state index in [0.29, 0.717) is 11.3 Å². The third kappa shape index (κ3) is 2.46. The van der Waals surface area contributed by atoms with Crippen LogP contribution in [-0.2, 0) is 0 Å². The van der Waals surface area contributed by atoms with E-state index < -0.39 is 11.4 Å². The fourth-order valence-corrected chi connectivity index (χ4v) is 1.86. The zero-order chi connectivity index (χ0) is 15.1. The lowest BCUT2D eigenvalue weighted by Crippen LogP contribution is -2.25. The van der Waals surface area contributed by atoms with Gasteiger partial charge in [0.1, 0.15) is 33.9 Å². The second kappa shape index (κ2) is 4.78. The Morgan fingerprint density at radius 2 is 2.00 bits per heavy atom. The Balaban J connectivity index is 2.80. The van der Waals surface area contributed by atoms with E-state index in [0.717, 1.165) is 0 Å². The molecule has 106 valence electrons. The minimum absolute atomic E-state index is 0.168. The van der Waals surface area contributed by atoms with Crippen LogP contribution in [0.1, 0.15) is 25.2 Å². The molecule has 0 N–H and O–H groups in total. The van der Waals surface area contributed by atoms with Gasteiger partial charge in [0.15, 0.2) is 5.43 Å². The third-order valence-corrected chi connectivity index (χ3v) is 3.25. The largest absolute Gasteiger partial charge is 0.483 e. The molecule has 2 aromatic rings. The fourth-order valence-electron chi connectivity index (χ4n) is 1.86. The van der Waals surface area contributed by atoms with Crippen molar-refractivity contribution in [3.63, 3.8) is 0 Å². The Hall–Kier alpha value is -2.10. The van der Waals surface area contributed by atoms with Crippen LogP contribution in [0.2, 0.25) is 0 Å². The summed E-state index contributed by atoms with van der Waals surface area (Å²) < 4.78 is 24.9. The molecule has 20 heavy (non-hydrogen) atoms. The maximum atomic E-state index is 13.7. The normalized spacial score (nSPS) is 11.7. The predicted octanol–water partition coefficient (Wildman–Crippen LogP) is 3.89. The third-order valence-electron chi connectivity index (χ3n) is 3.25. The Morgan fingerprint density at radius 3 is 2.60 bits per heavy atom.